The summed E-state index contributed by atoms with van der Waals surface area (Å²) in [5.74, 6) is 0.567. The van der Waals surface area contributed by atoms with Gasteiger partial charge in [-0.2, -0.15) is 4.31 Å². The number of halogens is 1. The molecule has 0 aliphatic carbocycles. The molecular formula is C28H41ClN4O4S2. The Morgan fingerprint density at radius 1 is 0.897 bits per heavy atom. The number of amides is 1. The maximum atomic E-state index is 13.8. The number of carbonyl (C=O) groups excluding carboxylic acids is 1. The molecule has 0 spiro atoms. The highest BCUT2D eigenvalue weighted by atomic mass is 35.5. The zero-order valence-electron chi connectivity index (χ0n) is 23.6. The van der Waals surface area contributed by atoms with Crippen LogP contribution in [0.5, 0.6) is 5.75 Å². The molecule has 0 unspecified atom stereocenters. The molecule has 1 amide bonds. The van der Waals surface area contributed by atoms with Crippen LogP contribution in [0.3, 0.4) is 0 Å². The minimum absolute atomic E-state index is 0. The van der Waals surface area contributed by atoms with E-state index in [0.717, 1.165) is 41.9 Å². The number of carbonyl (C=O) groups is 1. The molecule has 0 N–H and O–H groups in total. The summed E-state index contributed by atoms with van der Waals surface area (Å²) in [6, 6.07) is 12.0. The number of nitrogens with zero attached hydrogens (tertiary/aromatic N) is 4. The third-order valence-corrected chi connectivity index (χ3v) is 9.31. The highest BCUT2D eigenvalue weighted by molar-refractivity contribution is 7.89. The lowest BCUT2D eigenvalue weighted by atomic mass is 10.2. The van der Waals surface area contributed by atoms with Gasteiger partial charge in [-0.25, -0.2) is 13.4 Å². The van der Waals surface area contributed by atoms with E-state index in [1.165, 1.54) is 27.8 Å². The van der Waals surface area contributed by atoms with Crippen LogP contribution >= 0.6 is 23.7 Å². The smallest absolute Gasteiger partial charge is 0.260 e. The van der Waals surface area contributed by atoms with Crippen LogP contribution in [0.25, 0.3) is 10.2 Å². The second-order valence-corrected chi connectivity index (χ2v) is 11.9. The molecule has 1 aromatic heterocycles. The minimum atomic E-state index is -3.62. The Kier molecular flexibility index (Phi) is 13.1. The second kappa shape index (κ2) is 15.5. The van der Waals surface area contributed by atoms with E-state index >= 15 is 0 Å². The monoisotopic (exact) mass is 596 g/mol. The second-order valence-electron chi connectivity index (χ2n) is 8.97. The Morgan fingerprint density at radius 2 is 1.54 bits per heavy atom. The molecule has 8 nitrogen and oxygen atoms in total. The standard InChI is InChI=1S/C28H40N4O4S2.ClH/c1-6-17-31(18-7-2)38(34,35)24-14-11-22(12-15-24)27(33)32(20-19-30(8-3)9-4)28-29-25-16-13-23(36-10-5)21-26(25)37-28;/h11-16,21H,6-10,17-20H2,1-5H3;1H. The van der Waals surface area contributed by atoms with Crippen molar-refractivity contribution in [3.05, 3.63) is 48.0 Å². The van der Waals surface area contributed by atoms with Gasteiger partial charge in [-0.15, -0.1) is 12.4 Å². The van der Waals surface area contributed by atoms with Crippen molar-refractivity contribution in [2.45, 2.75) is 52.4 Å². The first-order chi connectivity index (χ1) is 18.3. The topological polar surface area (TPSA) is 83.1 Å². The van der Waals surface area contributed by atoms with Crippen LogP contribution in [0.2, 0.25) is 0 Å². The highest BCUT2D eigenvalue weighted by Gasteiger charge is 2.25. The maximum Gasteiger partial charge on any atom is 0.260 e. The summed E-state index contributed by atoms with van der Waals surface area (Å²) in [4.78, 5) is 22.7. The molecule has 11 heteroatoms. The third kappa shape index (κ3) is 8.14. The number of sulfonamides is 1. The van der Waals surface area contributed by atoms with Gasteiger partial charge >= 0.3 is 0 Å². The maximum absolute atomic E-state index is 13.8. The van der Waals surface area contributed by atoms with Crippen molar-refractivity contribution < 1.29 is 17.9 Å². The van der Waals surface area contributed by atoms with Gasteiger partial charge in [-0.05, 0) is 75.3 Å². The Hall–Kier alpha value is -2.24. The number of likely N-dealkylation sites (N-methyl/N-ethyl adjacent to an activating group) is 1. The van der Waals surface area contributed by atoms with Gasteiger partial charge in [-0.3, -0.25) is 9.69 Å². The summed E-state index contributed by atoms with van der Waals surface area (Å²) in [6.45, 7) is 14.5. The Balaban J connectivity index is 0.00000533. The van der Waals surface area contributed by atoms with E-state index in [-0.39, 0.29) is 23.2 Å². The molecule has 39 heavy (non-hydrogen) atoms. The van der Waals surface area contributed by atoms with E-state index in [1.807, 2.05) is 39.0 Å². The van der Waals surface area contributed by atoms with Crippen molar-refractivity contribution in [1.82, 2.24) is 14.2 Å². The SMILES string of the molecule is CCCN(CCC)S(=O)(=O)c1ccc(C(=O)N(CCN(CC)CC)c2nc3ccc(OCC)cc3s2)cc1.Cl. The van der Waals surface area contributed by atoms with Crippen LogP contribution in [-0.2, 0) is 10.0 Å². The molecule has 2 aromatic carbocycles. The quantitative estimate of drug-likeness (QED) is 0.217. The number of fused-ring (bicyclic) bond motifs is 1. The molecule has 216 valence electrons. The van der Waals surface area contributed by atoms with Gasteiger partial charge in [0.15, 0.2) is 5.13 Å². The first kappa shape index (κ1) is 33.0. The van der Waals surface area contributed by atoms with Crippen molar-refractivity contribution in [3.8, 4) is 5.75 Å². The van der Waals surface area contributed by atoms with Crippen LogP contribution in [0.15, 0.2) is 47.4 Å². The van der Waals surface area contributed by atoms with Gasteiger partial charge in [0.05, 0.1) is 21.7 Å². The molecule has 3 rings (SSSR count). The van der Waals surface area contributed by atoms with Gasteiger partial charge in [-0.1, -0.05) is 39.0 Å². The number of aromatic nitrogens is 1. The molecule has 0 fully saturated rings. The number of hydrogen-bond acceptors (Lipinski definition) is 7. The minimum Gasteiger partial charge on any atom is -0.494 e. The van der Waals surface area contributed by atoms with Crippen LogP contribution < -0.4 is 9.64 Å². The normalized spacial score (nSPS) is 11.7. The predicted octanol–water partition coefficient (Wildman–Crippen LogP) is 5.92. The molecule has 0 saturated carbocycles. The van der Waals surface area contributed by atoms with Crippen LogP contribution in [0.4, 0.5) is 5.13 Å². The van der Waals surface area contributed by atoms with E-state index in [9.17, 15) is 13.2 Å². The number of ether oxygens (including phenoxy) is 1. The van der Waals surface area contributed by atoms with Crippen molar-refractivity contribution in [1.29, 1.82) is 0 Å². The van der Waals surface area contributed by atoms with Gasteiger partial charge in [0.25, 0.3) is 5.91 Å². The largest absolute Gasteiger partial charge is 0.494 e. The fourth-order valence-electron chi connectivity index (χ4n) is 4.26. The Labute approximate surface area is 243 Å². The molecule has 0 atom stereocenters. The molecule has 1 heterocycles. The molecule has 0 aliphatic heterocycles. The van der Waals surface area contributed by atoms with E-state index in [0.29, 0.717) is 43.5 Å². The number of benzene rings is 2. The molecule has 0 aliphatic rings. The van der Waals surface area contributed by atoms with Crippen molar-refractivity contribution in [2.75, 3.05) is 50.8 Å². The van der Waals surface area contributed by atoms with E-state index in [2.05, 4.69) is 18.7 Å². The molecule has 0 bridgehead atoms. The Morgan fingerprint density at radius 3 is 2.10 bits per heavy atom. The van der Waals surface area contributed by atoms with Gasteiger partial charge in [0.2, 0.25) is 10.0 Å². The summed E-state index contributed by atoms with van der Waals surface area (Å²) in [7, 11) is -3.62. The number of thiazole rings is 1. The number of anilines is 1. The molecular weight excluding hydrogens is 556 g/mol. The number of rotatable bonds is 15. The lowest BCUT2D eigenvalue weighted by Crippen LogP contribution is -2.39. The van der Waals surface area contributed by atoms with Crippen LogP contribution in [0, 0.1) is 0 Å². The zero-order chi connectivity index (χ0) is 27.7. The molecule has 0 radical (unpaired) electrons. The Bertz CT molecular complexity index is 1290. The lowest BCUT2D eigenvalue weighted by Gasteiger charge is -2.25. The van der Waals surface area contributed by atoms with E-state index < -0.39 is 10.0 Å². The van der Waals surface area contributed by atoms with Crippen LogP contribution in [0.1, 0.15) is 57.8 Å². The fraction of sp³-hybridized carbons (Fsp3) is 0.500. The third-order valence-electron chi connectivity index (χ3n) is 6.35. The summed E-state index contributed by atoms with van der Waals surface area (Å²) in [6.07, 6.45) is 1.48. The van der Waals surface area contributed by atoms with Crippen molar-refractivity contribution in [3.63, 3.8) is 0 Å². The first-order valence-electron chi connectivity index (χ1n) is 13.5. The average Bonchev–Trinajstić information content (AvgIpc) is 3.34. The van der Waals surface area contributed by atoms with Gasteiger partial charge < -0.3 is 9.64 Å². The van der Waals surface area contributed by atoms with Crippen molar-refractivity contribution >= 4 is 55.0 Å². The van der Waals surface area contributed by atoms with Crippen LogP contribution in [-0.4, -0.2) is 74.4 Å². The summed E-state index contributed by atoms with van der Waals surface area (Å²) in [5, 5.41) is 0.611. The molecule has 0 saturated heterocycles. The van der Waals surface area contributed by atoms with Crippen molar-refractivity contribution in [2.24, 2.45) is 0 Å². The lowest BCUT2D eigenvalue weighted by molar-refractivity contribution is 0.0983. The predicted molar refractivity (Wildman–Crippen MR) is 163 cm³/mol. The van der Waals surface area contributed by atoms with Gasteiger partial charge in [0.1, 0.15) is 5.75 Å². The highest BCUT2D eigenvalue weighted by Crippen LogP contribution is 2.32. The fourth-order valence-corrected chi connectivity index (χ4v) is 6.90. The summed E-state index contributed by atoms with van der Waals surface area (Å²) >= 11 is 1.45. The van der Waals surface area contributed by atoms with Gasteiger partial charge in [0, 0.05) is 31.7 Å². The zero-order valence-corrected chi connectivity index (χ0v) is 26.0. The summed E-state index contributed by atoms with van der Waals surface area (Å²) < 4.78 is 34.4. The average molecular weight is 597 g/mol. The molecule has 3 aromatic rings. The van der Waals surface area contributed by atoms with E-state index in [1.54, 1.807) is 17.0 Å². The number of hydrogen-bond donors (Lipinski definition) is 0. The first-order valence-corrected chi connectivity index (χ1v) is 15.7. The summed E-state index contributed by atoms with van der Waals surface area (Å²) in [5.41, 5.74) is 1.23. The van der Waals surface area contributed by atoms with E-state index in [4.69, 9.17) is 9.72 Å².